The van der Waals surface area contributed by atoms with E-state index in [2.05, 4.69) is 4.99 Å². The van der Waals surface area contributed by atoms with Gasteiger partial charge in [-0.1, -0.05) is 29.0 Å². The highest BCUT2D eigenvalue weighted by atomic mass is 35.5. The Morgan fingerprint density at radius 1 is 1.30 bits per heavy atom. The summed E-state index contributed by atoms with van der Waals surface area (Å²) in [5.74, 6) is -1.15. The normalized spacial score (nSPS) is 15.9. The van der Waals surface area contributed by atoms with E-state index in [1.165, 1.54) is 11.3 Å². The van der Waals surface area contributed by atoms with Crippen LogP contribution in [-0.2, 0) is 20.9 Å². The smallest absolute Gasteiger partial charge is 0.268 e. The van der Waals surface area contributed by atoms with Crippen molar-refractivity contribution in [1.82, 2.24) is 9.47 Å². The van der Waals surface area contributed by atoms with E-state index >= 15 is 0 Å². The number of likely N-dealkylation sites (tertiary alicyclic amines) is 1. The van der Waals surface area contributed by atoms with E-state index in [9.17, 15) is 14.4 Å². The van der Waals surface area contributed by atoms with Gasteiger partial charge in [-0.05, 0) is 19.1 Å². The lowest BCUT2D eigenvalue weighted by atomic mass is 10.3. The predicted molar refractivity (Wildman–Crippen MR) is 87.0 cm³/mol. The SMILES string of the molecule is CCn1c(=NC(=O)CN2C(=O)CCC2=O)sc2cccc(Cl)c21. The molecule has 3 rings (SSSR count). The molecule has 1 aromatic heterocycles. The average molecular weight is 352 g/mol. The number of rotatable bonds is 3. The molecule has 120 valence electrons. The van der Waals surface area contributed by atoms with E-state index in [1.807, 2.05) is 23.6 Å². The van der Waals surface area contributed by atoms with Crippen LogP contribution in [0.2, 0.25) is 5.02 Å². The molecule has 0 bridgehead atoms. The topological polar surface area (TPSA) is 71.7 Å². The van der Waals surface area contributed by atoms with Crippen molar-refractivity contribution < 1.29 is 14.4 Å². The monoisotopic (exact) mass is 351 g/mol. The Balaban J connectivity index is 1.97. The maximum Gasteiger partial charge on any atom is 0.268 e. The van der Waals surface area contributed by atoms with Crippen LogP contribution >= 0.6 is 22.9 Å². The lowest BCUT2D eigenvalue weighted by Crippen LogP contribution is -2.34. The van der Waals surface area contributed by atoms with E-state index in [0.717, 1.165) is 15.1 Å². The van der Waals surface area contributed by atoms with Gasteiger partial charge in [-0.2, -0.15) is 4.99 Å². The molecular formula is C15H14ClN3O3S. The van der Waals surface area contributed by atoms with Crippen molar-refractivity contribution in [1.29, 1.82) is 0 Å². The molecule has 23 heavy (non-hydrogen) atoms. The van der Waals surface area contributed by atoms with Crippen LogP contribution in [0.25, 0.3) is 10.2 Å². The van der Waals surface area contributed by atoms with E-state index in [4.69, 9.17) is 11.6 Å². The van der Waals surface area contributed by atoms with Gasteiger partial charge >= 0.3 is 0 Å². The zero-order valence-corrected chi connectivity index (χ0v) is 14.0. The van der Waals surface area contributed by atoms with Gasteiger partial charge in [0, 0.05) is 19.4 Å². The summed E-state index contributed by atoms with van der Waals surface area (Å²) in [6.07, 6.45) is 0.332. The second-order valence-corrected chi connectivity index (χ2v) is 6.51. The summed E-state index contributed by atoms with van der Waals surface area (Å²) >= 11 is 7.58. The van der Waals surface area contributed by atoms with Gasteiger partial charge < -0.3 is 4.57 Å². The third-order valence-electron chi connectivity index (χ3n) is 3.64. The lowest BCUT2D eigenvalue weighted by Gasteiger charge is -2.10. The van der Waals surface area contributed by atoms with Crippen LogP contribution < -0.4 is 4.80 Å². The number of aromatic nitrogens is 1. The molecule has 0 spiro atoms. The lowest BCUT2D eigenvalue weighted by molar-refractivity contribution is -0.141. The number of nitrogens with zero attached hydrogens (tertiary/aromatic N) is 3. The highest BCUT2D eigenvalue weighted by Gasteiger charge is 2.30. The third-order valence-corrected chi connectivity index (χ3v) is 4.99. The number of thiazole rings is 1. The summed E-state index contributed by atoms with van der Waals surface area (Å²) in [4.78, 5) is 40.8. The molecule has 0 saturated carbocycles. The summed E-state index contributed by atoms with van der Waals surface area (Å²) in [5.41, 5.74) is 0.835. The van der Waals surface area contributed by atoms with Gasteiger partial charge in [0.15, 0.2) is 4.80 Å². The Morgan fingerprint density at radius 3 is 2.65 bits per heavy atom. The molecule has 6 nitrogen and oxygen atoms in total. The zero-order chi connectivity index (χ0) is 16.6. The molecule has 8 heteroatoms. The van der Waals surface area contributed by atoms with Crippen molar-refractivity contribution in [2.24, 2.45) is 4.99 Å². The molecule has 3 amide bonds. The van der Waals surface area contributed by atoms with Crippen LogP contribution in [0.3, 0.4) is 0 Å². The van der Waals surface area contributed by atoms with Gasteiger partial charge in [-0.25, -0.2) is 0 Å². The Kier molecular flexibility index (Phi) is 4.32. The van der Waals surface area contributed by atoms with Gasteiger partial charge in [-0.3, -0.25) is 19.3 Å². The Morgan fingerprint density at radius 2 is 2.00 bits per heavy atom. The van der Waals surface area contributed by atoms with E-state index in [0.29, 0.717) is 16.4 Å². The largest absolute Gasteiger partial charge is 0.315 e. The molecule has 2 heterocycles. The van der Waals surface area contributed by atoms with E-state index in [1.54, 1.807) is 6.07 Å². The first-order chi connectivity index (χ1) is 11.0. The number of carbonyl (C=O) groups excluding carboxylic acids is 3. The van der Waals surface area contributed by atoms with E-state index in [-0.39, 0.29) is 31.2 Å². The summed E-state index contributed by atoms with van der Waals surface area (Å²) in [7, 11) is 0. The van der Waals surface area contributed by atoms with Crippen LogP contribution in [-0.4, -0.2) is 33.7 Å². The standard InChI is InChI=1S/C15H14ClN3O3S/c1-2-18-14-9(16)4-3-5-10(14)23-15(18)17-11(20)8-19-12(21)6-7-13(19)22/h3-5H,2,6-8H2,1H3. The fraction of sp³-hybridized carbons (Fsp3) is 0.333. The highest BCUT2D eigenvalue weighted by molar-refractivity contribution is 7.16. The minimum Gasteiger partial charge on any atom is -0.315 e. The molecule has 1 aromatic carbocycles. The van der Waals surface area contributed by atoms with Crippen LogP contribution in [0.5, 0.6) is 0 Å². The molecule has 0 aliphatic carbocycles. The molecule has 2 aromatic rings. The third kappa shape index (κ3) is 2.94. The first-order valence-corrected chi connectivity index (χ1v) is 8.39. The van der Waals surface area contributed by atoms with Gasteiger partial charge in [0.25, 0.3) is 5.91 Å². The van der Waals surface area contributed by atoms with Crippen molar-refractivity contribution in [3.8, 4) is 0 Å². The fourth-order valence-corrected chi connectivity index (χ4v) is 4.01. The summed E-state index contributed by atoms with van der Waals surface area (Å²) in [6.45, 7) is 2.24. The molecule has 1 aliphatic heterocycles. The van der Waals surface area contributed by atoms with Crippen molar-refractivity contribution in [2.45, 2.75) is 26.3 Å². The highest BCUT2D eigenvalue weighted by Crippen LogP contribution is 2.25. The minimum atomic E-state index is -0.515. The number of carbonyl (C=O) groups is 3. The van der Waals surface area contributed by atoms with Crippen LogP contribution in [0.15, 0.2) is 23.2 Å². The fourth-order valence-electron chi connectivity index (χ4n) is 2.54. The quantitative estimate of drug-likeness (QED) is 0.793. The van der Waals surface area contributed by atoms with Gasteiger partial charge in [0.05, 0.1) is 15.2 Å². The Hall–Kier alpha value is -1.99. The summed E-state index contributed by atoms with van der Waals surface area (Å²) < 4.78 is 2.78. The molecule has 0 radical (unpaired) electrons. The molecule has 1 aliphatic rings. The van der Waals surface area contributed by atoms with Crippen molar-refractivity contribution >= 4 is 50.9 Å². The van der Waals surface area contributed by atoms with Gasteiger partial charge in [0.1, 0.15) is 6.54 Å². The number of imide groups is 1. The molecule has 0 atom stereocenters. The number of amides is 3. The maximum atomic E-state index is 12.1. The molecule has 0 N–H and O–H groups in total. The predicted octanol–water partition coefficient (Wildman–Crippen LogP) is 1.95. The van der Waals surface area contributed by atoms with Crippen LogP contribution in [0.1, 0.15) is 19.8 Å². The molecule has 1 fully saturated rings. The van der Waals surface area contributed by atoms with Crippen molar-refractivity contribution in [3.05, 3.63) is 28.0 Å². The number of hydrogen-bond acceptors (Lipinski definition) is 4. The van der Waals surface area contributed by atoms with E-state index < -0.39 is 5.91 Å². The average Bonchev–Trinajstić information content (AvgIpc) is 3.02. The minimum absolute atomic E-state index is 0.166. The van der Waals surface area contributed by atoms with Gasteiger partial charge in [0.2, 0.25) is 11.8 Å². The molecular weight excluding hydrogens is 338 g/mol. The maximum absolute atomic E-state index is 12.1. The molecule has 0 unspecified atom stereocenters. The van der Waals surface area contributed by atoms with Crippen LogP contribution in [0, 0.1) is 0 Å². The summed E-state index contributed by atoms with van der Waals surface area (Å²) in [5, 5.41) is 0.597. The zero-order valence-electron chi connectivity index (χ0n) is 12.4. The molecule has 1 saturated heterocycles. The van der Waals surface area contributed by atoms with Gasteiger partial charge in [-0.15, -0.1) is 0 Å². The number of benzene rings is 1. The Labute approximate surface area is 141 Å². The number of para-hydroxylation sites is 1. The second-order valence-electron chi connectivity index (χ2n) is 5.09. The first-order valence-electron chi connectivity index (χ1n) is 7.20. The summed E-state index contributed by atoms with van der Waals surface area (Å²) in [6, 6.07) is 5.54. The Bertz CT molecular complexity index is 868. The second kappa shape index (κ2) is 6.25. The van der Waals surface area contributed by atoms with Crippen LogP contribution in [0.4, 0.5) is 0 Å². The number of fused-ring (bicyclic) bond motifs is 1. The van der Waals surface area contributed by atoms with Crippen molar-refractivity contribution in [3.63, 3.8) is 0 Å². The first kappa shape index (κ1) is 15.9. The van der Waals surface area contributed by atoms with Crippen molar-refractivity contribution in [2.75, 3.05) is 6.54 Å². The number of halogens is 1. The number of aryl methyl sites for hydroxylation is 1. The number of hydrogen-bond donors (Lipinski definition) is 0.